The molecule has 0 saturated heterocycles. The smallest absolute Gasteiger partial charge is 0.174 e. The predicted octanol–water partition coefficient (Wildman–Crippen LogP) is 4.95. The average molecular weight is 453 g/mol. The summed E-state index contributed by atoms with van der Waals surface area (Å²) >= 11 is 3.60. The molecule has 0 bridgehead atoms. The van der Waals surface area contributed by atoms with Gasteiger partial charge in [-0.2, -0.15) is 0 Å². The van der Waals surface area contributed by atoms with E-state index in [4.69, 9.17) is 9.47 Å². The Morgan fingerprint density at radius 2 is 1.93 bits per heavy atom. The fraction of sp³-hybridized carbons (Fsp3) is 0.250. The second-order valence-electron chi connectivity index (χ2n) is 7.25. The number of halogens is 1. The summed E-state index contributed by atoms with van der Waals surface area (Å²) < 4.78 is 14.0. The molecule has 1 aliphatic carbocycles. The zero-order chi connectivity index (χ0) is 20.4. The Morgan fingerprint density at radius 1 is 1.17 bits per heavy atom. The van der Waals surface area contributed by atoms with Crippen molar-refractivity contribution in [1.29, 1.82) is 0 Å². The van der Waals surface area contributed by atoms with Gasteiger partial charge in [-0.15, -0.1) is 0 Å². The topological polar surface area (TPSA) is 38.5 Å². The monoisotopic (exact) mass is 452 g/mol. The van der Waals surface area contributed by atoms with Crippen LogP contribution in [0.1, 0.15) is 27.9 Å². The first kappa shape index (κ1) is 19.6. The highest BCUT2D eigenvalue weighted by Crippen LogP contribution is 2.37. The first-order chi connectivity index (χ1) is 14.1. The van der Waals surface area contributed by atoms with Crippen LogP contribution in [-0.4, -0.2) is 30.8 Å². The lowest BCUT2D eigenvalue weighted by molar-refractivity contribution is -0.471. The molecule has 2 aliphatic rings. The van der Waals surface area contributed by atoms with E-state index in [1.54, 1.807) is 20.3 Å². The molecule has 4 nitrogen and oxygen atoms in total. The molecule has 2 aromatic carbocycles. The summed E-state index contributed by atoms with van der Waals surface area (Å²) in [5.41, 5.74) is 4.17. The van der Waals surface area contributed by atoms with Crippen LogP contribution < -0.4 is 9.47 Å². The van der Waals surface area contributed by atoms with Gasteiger partial charge in [0.1, 0.15) is 6.21 Å². The Kier molecular flexibility index (Phi) is 5.67. The number of Topliss-reactive ketones (excluding diaryl/α,β-unsaturated/α-hetero) is 1. The maximum atomic E-state index is 12.9. The number of hydrogen-bond acceptors (Lipinski definition) is 3. The highest BCUT2D eigenvalue weighted by atomic mass is 79.9. The summed E-state index contributed by atoms with van der Waals surface area (Å²) in [7, 11) is 3.20. The lowest BCUT2D eigenvalue weighted by Gasteiger charge is -2.09. The molecular weight excluding hydrogens is 430 g/mol. The molecule has 1 aliphatic heterocycles. The number of ether oxygens (including phenoxy) is 2. The molecule has 0 radical (unpaired) electrons. The van der Waals surface area contributed by atoms with Crippen LogP contribution >= 0.6 is 15.9 Å². The molecule has 1 heterocycles. The van der Waals surface area contributed by atoms with Crippen molar-refractivity contribution in [1.82, 2.24) is 0 Å². The van der Waals surface area contributed by atoms with Gasteiger partial charge >= 0.3 is 0 Å². The van der Waals surface area contributed by atoms with E-state index in [0.717, 1.165) is 28.6 Å². The summed E-state index contributed by atoms with van der Waals surface area (Å²) in [6, 6.07) is 12.0. The maximum absolute atomic E-state index is 12.9. The van der Waals surface area contributed by atoms with Crippen molar-refractivity contribution < 1.29 is 18.8 Å². The number of methoxy groups -OCH3 is 2. The van der Waals surface area contributed by atoms with E-state index in [9.17, 15) is 4.79 Å². The van der Waals surface area contributed by atoms with E-state index in [2.05, 4.69) is 57.2 Å². The fourth-order valence-electron chi connectivity index (χ4n) is 3.85. The van der Waals surface area contributed by atoms with E-state index in [1.807, 2.05) is 18.2 Å². The van der Waals surface area contributed by atoms with Gasteiger partial charge in [-0.1, -0.05) is 40.2 Å². The van der Waals surface area contributed by atoms with Crippen molar-refractivity contribution >= 4 is 27.9 Å². The van der Waals surface area contributed by atoms with Crippen LogP contribution in [0.4, 0.5) is 0 Å². The quantitative estimate of drug-likeness (QED) is 0.602. The first-order valence-electron chi connectivity index (χ1n) is 9.59. The van der Waals surface area contributed by atoms with Crippen molar-refractivity contribution in [2.45, 2.75) is 19.4 Å². The van der Waals surface area contributed by atoms with Gasteiger partial charge in [-0.25, -0.2) is 4.58 Å². The van der Waals surface area contributed by atoms with Crippen LogP contribution in [0.5, 0.6) is 11.5 Å². The summed E-state index contributed by atoms with van der Waals surface area (Å²) in [6.07, 6.45) is 9.97. The van der Waals surface area contributed by atoms with E-state index < -0.39 is 0 Å². The average Bonchev–Trinajstić information content (AvgIpc) is 3.04. The lowest BCUT2D eigenvalue weighted by atomic mass is 9.99. The van der Waals surface area contributed by atoms with Crippen molar-refractivity contribution in [2.24, 2.45) is 5.92 Å². The molecule has 0 N–H and O–H groups in total. The number of hydrogen-bond donors (Lipinski definition) is 0. The number of rotatable bonds is 5. The zero-order valence-corrected chi connectivity index (χ0v) is 18.1. The number of fused-ring (bicyclic) bond motifs is 1. The lowest BCUT2D eigenvalue weighted by Crippen LogP contribution is -2.12. The Hall–Kier alpha value is -2.66. The normalized spacial score (nSPS) is 19.3. The highest BCUT2D eigenvalue weighted by molar-refractivity contribution is 9.10. The summed E-state index contributed by atoms with van der Waals surface area (Å²) in [5, 5.41) is 0. The minimum absolute atomic E-state index is 0.135. The Balaban J connectivity index is 1.47. The summed E-state index contributed by atoms with van der Waals surface area (Å²) in [5.74, 6) is 1.28. The molecule has 0 spiro atoms. The van der Waals surface area contributed by atoms with E-state index in [-0.39, 0.29) is 11.7 Å². The second kappa shape index (κ2) is 8.37. The predicted molar refractivity (Wildman–Crippen MR) is 117 cm³/mol. The van der Waals surface area contributed by atoms with Crippen LogP contribution in [-0.2, 0) is 13.0 Å². The molecule has 4 rings (SSSR count). The molecule has 0 saturated carbocycles. The minimum atomic E-state index is -0.135. The van der Waals surface area contributed by atoms with Crippen molar-refractivity contribution in [3.05, 3.63) is 81.5 Å². The van der Waals surface area contributed by atoms with E-state index >= 15 is 0 Å². The van der Waals surface area contributed by atoms with Gasteiger partial charge in [0, 0.05) is 27.6 Å². The Bertz CT molecular complexity index is 1050. The first-order valence-corrected chi connectivity index (χ1v) is 10.4. The third-order valence-corrected chi connectivity index (χ3v) is 6.19. The molecule has 1 unspecified atom stereocenters. The molecule has 0 aromatic heterocycles. The van der Waals surface area contributed by atoms with E-state index in [0.29, 0.717) is 17.9 Å². The second-order valence-corrected chi connectivity index (χ2v) is 8.10. The van der Waals surface area contributed by atoms with Crippen LogP contribution in [0.3, 0.4) is 0 Å². The number of allylic oxidation sites excluding steroid dienone is 3. The highest BCUT2D eigenvalue weighted by Gasteiger charge is 2.31. The van der Waals surface area contributed by atoms with Gasteiger partial charge in [0.25, 0.3) is 0 Å². The number of nitrogens with zero attached hydrogens (tertiary/aromatic N) is 1. The van der Waals surface area contributed by atoms with Gasteiger partial charge < -0.3 is 9.47 Å². The van der Waals surface area contributed by atoms with Crippen molar-refractivity contribution in [2.75, 3.05) is 14.2 Å². The largest absolute Gasteiger partial charge is 0.493 e. The minimum Gasteiger partial charge on any atom is -0.493 e. The van der Waals surface area contributed by atoms with Gasteiger partial charge in [-0.05, 0) is 35.8 Å². The number of carbonyl (C=O) groups is 1. The maximum Gasteiger partial charge on any atom is 0.174 e. The number of benzene rings is 2. The Morgan fingerprint density at radius 3 is 2.62 bits per heavy atom. The molecule has 29 heavy (non-hydrogen) atoms. The molecule has 148 valence electrons. The summed E-state index contributed by atoms with van der Waals surface area (Å²) in [4.78, 5) is 12.9. The molecule has 0 amide bonds. The standard InChI is InChI=1S/C24H23BrNO3/c1-28-22-13-18-12-19(24(27)20(18)14-23(22)29-2)11-16-7-9-26(10-8-16)15-17-5-3-4-6-21(17)25/h3-7,9-11,13-14,19H,8,12,15H2,1-2H3/q+1. The fourth-order valence-corrected chi connectivity index (χ4v) is 4.26. The molecule has 1 atom stereocenters. The van der Waals surface area contributed by atoms with Gasteiger partial charge in [-0.3, -0.25) is 4.79 Å². The number of carbonyl (C=O) groups excluding carboxylic acids is 1. The molecule has 2 aromatic rings. The third kappa shape index (κ3) is 4.06. The molecule has 5 heteroatoms. The molecular formula is C24H23BrNO3+. The van der Waals surface area contributed by atoms with Crippen LogP contribution in [0.2, 0.25) is 0 Å². The van der Waals surface area contributed by atoms with Crippen molar-refractivity contribution in [3.8, 4) is 11.5 Å². The zero-order valence-electron chi connectivity index (χ0n) is 16.5. The molecule has 0 fully saturated rings. The van der Waals surface area contributed by atoms with E-state index in [1.165, 1.54) is 11.1 Å². The van der Waals surface area contributed by atoms with Crippen LogP contribution in [0.15, 0.2) is 64.8 Å². The Labute approximate surface area is 179 Å². The van der Waals surface area contributed by atoms with Gasteiger partial charge in [0.2, 0.25) is 0 Å². The third-order valence-electron chi connectivity index (χ3n) is 5.42. The number of ketones is 1. The summed E-state index contributed by atoms with van der Waals surface area (Å²) in [6.45, 7) is 0.818. The van der Waals surface area contributed by atoms with Gasteiger partial charge in [0.15, 0.2) is 30.0 Å². The van der Waals surface area contributed by atoms with Gasteiger partial charge in [0.05, 0.1) is 20.6 Å². The SMILES string of the molecule is COc1cc2c(cc1OC)C(=O)C(C=C1C=C[N+](Cc3ccccc3Br)=CC1)C2. The van der Waals surface area contributed by atoms with Crippen molar-refractivity contribution in [3.63, 3.8) is 0 Å². The van der Waals surface area contributed by atoms with Crippen LogP contribution in [0.25, 0.3) is 0 Å². The van der Waals surface area contributed by atoms with Crippen LogP contribution in [0, 0.1) is 5.92 Å².